The average Bonchev–Trinajstić information content (AvgIpc) is 2.82. The van der Waals surface area contributed by atoms with Crippen LogP contribution in [-0.2, 0) is 22.4 Å². The monoisotopic (exact) mass is 287 g/mol. The van der Waals surface area contributed by atoms with Crippen LogP contribution >= 0.6 is 0 Å². The molecule has 2 N–H and O–H groups in total. The van der Waals surface area contributed by atoms with Gasteiger partial charge in [-0.15, -0.1) is 0 Å². The van der Waals surface area contributed by atoms with E-state index in [2.05, 4.69) is 5.32 Å². The summed E-state index contributed by atoms with van der Waals surface area (Å²) in [6.07, 6.45) is 0.792. The number of aryl methyl sites for hydroxylation is 2. The highest BCUT2D eigenvalue weighted by Crippen LogP contribution is 2.13. The lowest BCUT2D eigenvalue weighted by Gasteiger charge is -2.06. The van der Waals surface area contributed by atoms with Gasteiger partial charge < -0.3 is 14.8 Å². The number of furan rings is 1. The molecular formula is C16H17NO4. The molecule has 0 aliphatic heterocycles. The first-order chi connectivity index (χ1) is 10.0. The van der Waals surface area contributed by atoms with Crippen molar-refractivity contribution in [3.8, 4) is 0 Å². The van der Waals surface area contributed by atoms with Crippen molar-refractivity contribution in [2.24, 2.45) is 0 Å². The molecule has 1 aromatic heterocycles. The van der Waals surface area contributed by atoms with Crippen LogP contribution in [0.15, 0.2) is 40.8 Å². The van der Waals surface area contributed by atoms with E-state index in [-0.39, 0.29) is 12.3 Å². The zero-order valence-corrected chi connectivity index (χ0v) is 11.8. The van der Waals surface area contributed by atoms with Gasteiger partial charge in [0.25, 0.3) is 0 Å². The Balaban J connectivity index is 1.88. The minimum Gasteiger partial charge on any atom is -0.481 e. The maximum absolute atomic E-state index is 11.9. The van der Waals surface area contributed by atoms with Gasteiger partial charge in [-0.1, -0.05) is 12.1 Å². The predicted octanol–water partition coefficient (Wildman–Crippen LogP) is 2.79. The summed E-state index contributed by atoms with van der Waals surface area (Å²) in [6, 6.07) is 10.6. The number of benzene rings is 1. The van der Waals surface area contributed by atoms with Crippen molar-refractivity contribution in [3.05, 3.63) is 53.5 Å². The number of rotatable bonds is 6. The fourth-order valence-corrected chi connectivity index (χ4v) is 2.01. The molecule has 0 bridgehead atoms. The van der Waals surface area contributed by atoms with Crippen molar-refractivity contribution in [2.45, 2.75) is 26.2 Å². The van der Waals surface area contributed by atoms with E-state index >= 15 is 0 Å². The molecular weight excluding hydrogens is 270 g/mol. The van der Waals surface area contributed by atoms with Gasteiger partial charge in [0, 0.05) is 18.5 Å². The minimum absolute atomic E-state index is 0.0601. The highest BCUT2D eigenvalue weighted by molar-refractivity contribution is 5.91. The summed E-state index contributed by atoms with van der Waals surface area (Å²) in [6.45, 7) is 1.86. The van der Waals surface area contributed by atoms with E-state index in [4.69, 9.17) is 9.52 Å². The number of carboxylic acid groups (broad SMARTS) is 1. The van der Waals surface area contributed by atoms with Crippen molar-refractivity contribution in [1.82, 2.24) is 0 Å². The van der Waals surface area contributed by atoms with Crippen molar-refractivity contribution in [3.63, 3.8) is 0 Å². The fourth-order valence-electron chi connectivity index (χ4n) is 2.01. The molecule has 0 fully saturated rings. The van der Waals surface area contributed by atoms with Gasteiger partial charge in [0.05, 0.1) is 6.42 Å². The van der Waals surface area contributed by atoms with Gasteiger partial charge in [0.2, 0.25) is 5.91 Å². The zero-order chi connectivity index (χ0) is 15.2. The predicted molar refractivity (Wildman–Crippen MR) is 78.2 cm³/mol. The number of carbonyl (C=O) groups excluding carboxylic acids is 1. The van der Waals surface area contributed by atoms with Crippen molar-refractivity contribution in [2.75, 3.05) is 5.32 Å². The molecule has 1 heterocycles. The third-order valence-corrected chi connectivity index (χ3v) is 2.96. The summed E-state index contributed by atoms with van der Waals surface area (Å²) in [4.78, 5) is 22.5. The molecule has 0 aliphatic carbocycles. The van der Waals surface area contributed by atoms with Crippen LogP contribution in [0.3, 0.4) is 0 Å². The fraction of sp³-hybridized carbons (Fsp3) is 0.250. The lowest BCUT2D eigenvalue weighted by Crippen LogP contribution is -2.12. The third-order valence-electron chi connectivity index (χ3n) is 2.96. The Hall–Kier alpha value is -2.56. The average molecular weight is 287 g/mol. The summed E-state index contributed by atoms with van der Waals surface area (Å²) < 4.78 is 5.40. The van der Waals surface area contributed by atoms with Crippen LogP contribution in [0.4, 0.5) is 5.69 Å². The number of carboxylic acids is 1. The van der Waals surface area contributed by atoms with Gasteiger partial charge in [-0.25, -0.2) is 0 Å². The Morgan fingerprint density at radius 2 is 2.05 bits per heavy atom. The van der Waals surface area contributed by atoms with Gasteiger partial charge >= 0.3 is 5.97 Å². The first-order valence-electron chi connectivity index (χ1n) is 6.69. The lowest BCUT2D eigenvalue weighted by molar-refractivity contribution is -0.136. The smallest absolute Gasteiger partial charge is 0.307 e. The first kappa shape index (κ1) is 14.8. The Morgan fingerprint density at radius 3 is 2.71 bits per heavy atom. The maximum Gasteiger partial charge on any atom is 0.307 e. The molecule has 110 valence electrons. The van der Waals surface area contributed by atoms with Crippen molar-refractivity contribution >= 4 is 17.6 Å². The van der Waals surface area contributed by atoms with Crippen LogP contribution in [0, 0.1) is 6.92 Å². The largest absolute Gasteiger partial charge is 0.481 e. The number of hydrogen-bond donors (Lipinski definition) is 2. The minimum atomic E-state index is -0.897. The van der Waals surface area contributed by atoms with E-state index in [1.165, 1.54) is 0 Å². The molecule has 0 radical (unpaired) electrons. The van der Waals surface area contributed by atoms with Crippen LogP contribution in [0.5, 0.6) is 0 Å². The highest BCUT2D eigenvalue weighted by Gasteiger charge is 2.07. The van der Waals surface area contributed by atoms with E-state index in [0.29, 0.717) is 24.1 Å². The van der Waals surface area contributed by atoms with Gasteiger partial charge in [-0.3, -0.25) is 9.59 Å². The second kappa shape index (κ2) is 6.74. The second-order valence-electron chi connectivity index (χ2n) is 4.83. The summed E-state index contributed by atoms with van der Waals surface area (Å²) in [5.74, 6) is 0.581. The highest BCUT2D eigenvalue weighted by atomic mass is 16.4. The Labute approximate surface area is 122 Å². The van der Waals surface area contributed by atoms with Crippen LogP contribution < -0.4 is 5.32 Å². The number of aliphatic carboxylic acids is 1. The van der Waals surface area contributed by atoms with Gasteiger partial charge in [-0.2, -0.15) is 0 Å². The number of hydrogen-bond acceptors (Lipinski definition) is 3. The molecule has 0 atom stereocenters. The molecule has 5 nitrogen and oxygen atoms in total. The first-order valence-corrected chi connectivity index (χ1v) is 6.69. The quantitative estimate of drug-likeness (QED) is 0.856. The second-order valence-corrected chi connectivity index (χ2v) is 4.83. The Bertz CT molecular complexity index is 645. The summed E-state index contributed by atoms with van der Waals surface area (Å²) in [5, 5.41) is 11.5. The molecule has 0 saturated carbocycles. The summed E-state index contributed by atoms with van der Waals surface area (Å²) in [5.41, 5.74) is 1.26. The molecule has 0 spiro atoms. The molecule has 0 saturated heterocycles. The molecule has 2 rings (SSSR count). The number of anilines is 1. The van der Waals surface area contributed by atoms with E-state index in [1.54, 1.807) is 24.3 Å². The van der Waals surface area contributed by atoms with Crippen LogP contribution in [-0.4, -0.2) is 17.0 Å². The molecule has 5 heteroatoms. The molecule has 2 aromatic rings. The molecule has 1 aromatic carbocycles. The lowest BCUT2D eigenvalue weighted by atomic mass is 10.1. The van der Waals surface area contributed by atoms with Crippen molar-refractivity contribution < 1.29 is 19.1 Å². The number of carbonyl (C=O) groups is 2. The van der Waals surface area contributed by atoms with E-state index in [9.17, 15) is 9.59 Å². The summed E-state index contributed by atoms with van der Waals surface area (Å²) in [7, 11) is 0. The summed E-state index contributed by atoms with van der Waals surface area (Å²) >= 11 is 0. The van der Waals surface area contributed by atoms with E-state index < -0.39 is 5.97 Å². The molecule has 1 amide bonds. The zero-order valence-electron chi connectivity index (χ0n) is 11.8. The third kappa shape index (κ3) is 4.80. The standard InChI is InChI=1S/C16H17NO4/c1-11-5-6-14(21-11)7-8-15(18)17-13-4-2-3-12(9-13)10-16(19)20/h2-6,9H,7-8,10H2,1H3,(H,17,18)(H,19,20). The molecule has 21 heavy (non-hydrogen) atoms. The van der Waals surface area contributed by atoms with Gasteiger partial charge in [-0.05, 0) is 36.8 Å². The van der Waals surface area contributed by atoms with Crippen LogP contribution in [0.25, 0.3) is 0 Å². The maximum atomic E-state index is 11.9. The van der Waals surface area contributed by atoms with Gasteiger partial charge in [0.1, 0.15) is 11.5 Å². The van der Waals surface area contributed by atoms with Gasteiger partial charge in [0.15, 0.2) is 0 Å². The SMILES string of the molecule is Cc1ccc(CCC(=O)Nc2cccc(CC(=O)O)c2)o1. The topological polar surface area (TPSA) is 79.5 Å². The van der Waals surface area contributed by atoms with Crippen LogP contribution in [0.2, 0.25) is 0 Å². The van der Waals surface area contributed by atoms with E-state index in [0.717, 1.165) is 11.5 Å². The molecule has 0 unspecified atom stereocenters. The number of amides is 1. The normalized spacial score (nSPS) is 10.3. The van der Waals surface area contributed by atoms with Crippen molar-refractivity contribution in [1.29, 1.82) is 0 Å². The Morgan fingerprint density at radius 1 is 1.24 bits per heavy atom. The number of nitrogens with one attached hydrogen (secondary N) is 1. The molecule has 0 aliphatic rings. The van der Waals surface area contributed by atoms with Crippen LogP contribution in [0.1, 0.15) is 23.5 Å². The van der Waals surface area contributed by atoms with E-state index in [1.807, 2.05) is 19.1 Å². The Kier molecular flexibility index (Phi) is 4.77.